The van der Waals surface area contributed by atoms with Crippen LogP contribution in [0.4, 0.5) is 5.69 Å². The number of hydrogen-bond acceptors (Lipinski definition) is 5. The molecule has 2 heterocycles. The van der Waals surface area contributed by atoms with Crippen molar-refractivity contribution < 1.29 is 19.0 Å². The number of carbonyl (C=O) groups excluding carboxylic acids is 1. The summed E-state index contributed by atoms with van der Waals surface area (Å²) in [4.78, 5) is 16.0. The Labute approximate surface area is 143 Å². The summed E-state index contributed by atoms with van der Waals surface area (Å²) in [5.74, 6) is 1.08. The fourth-order valence-electron chi connectivity index (χ4n) is 3.06. The van der Waals surface area contributed by atoms with E-state index in [4.69, 9.17) is 14.2 Å². The Morgan fingerprint density at radius 3 is 2.50 bits per heavy atom. The number of amides is 1. The zero-order valence-corrected chi connectivity index (χ0v) is 14.4. The topological polar surface area (TPSA) is 51.2 Å². The fourth-order valence-corrected chi connectivity index (χ4v) is 3.06. The lowest BCUT2D eigenvalue weighted by Crippen LogP contribution is -2.48. The molecule has 0 saturated carbocycles. The number of hydrogen-bond donors (Lipinski definition) is 0. The van der Waals surface area contributed by atoms with Gasteiger partial charge >= 0.3 is 0 Å². The van der Waals surface area contributed by atoms with Crippen LogP contribution in [0.1, 0.15) is 20.3 Å². The molecular formula is C18H26N2O4. The van der Waals surface area contributed by atoms with Crippen LogP contribution in [0.15, 0.2) is 24.3 Å². The molecule has 0 aliphatic carbocycles. The van der Waals surface area contributed by atoms with Gasteiger partial charge in [-0.05, 0) is 31.2 Å². The molecule has 2 aliphatic rings. The average Bonchev–Trinajstić information content (AvgIpc) is 3.05. The Balaban J connectivity index is 1.47. The number of anilines is 1. The highest BCUT2D eigenvalue weighted by atomic mass is 16.7. The van der Waals surface area contributed by atoms with Crippen molar-refractivity contribution in [1.29, 1.82) is 0 Å². The van der Waals surface area contributed by atoms with E-state index in [1.165, 1.54) is 5.69 Å². The quantitative estimate of drug-likeness (QED) is 0.823. The Hall–Kier alpha value is -1.79. The lowest BCUT2D eigenvalue weighted by molar-refractivity contribution is -0.131. The fraction of sp³-hybridized carbons (Fsp3) is 0.611. The van der Waals surface area contributed by atoms with Crippen LogP contribution in [0.3, 0.4) is 0 Å². The number of benzene rings is 1. The third-order valence-electron chi connectivity index (χ3n) is 4.47. The Bertz CT molecular complexity index is 540. The zero-order valence-electron chi connectivity index (χ0n) is 14.4. The van der Waals surface area contributed by atoms with Gasteiger partial charge in [-0.25, -0.2) is 0 Å². The summed E-state index contributed by atoms with van der Waals surface area (Å²) in [6, 6.07) is 8.11. The number of carbonyl (C=O) groups is 1. The first-order valence-corrected chi connectivity index (χ1v) is 8.68. The van der Waals surface area contributed by atoms with E-state index in [0.717, 1.165) is 31.9 Å². The summed E-state index contributed by atoms with van der Waals surface area (Å²) < 4.78 is 16.7. The summed E-state index contributed by atoms with van der Waals surface area (Å²) in [6.07, 6.45) is 0.448. The molecule has 2 aliphatic heterocycles. The summed E-state index contributed by atoms with van der Waals surface area (Å²) >= 11 is 0. The second-order valence-electron chi connectivity index (χ2n) is 6.19. The van der Waals surface area contributed by atoms with Crippen LogP contribution in [0.2, 0.25) is 0 Å². The molecule has 2 atom stereocenters. The van der Waals surface area contributed by atoms with E-state index in [9.17, 15) is 4.79 Å². The Morgan fingerprint density at radius 1 is 1.21 bits per heavy atom. The molecule has 0 bridgehead atoms. The van der Waals surface area contributed by atoms with Gasteiger partial charge in [0.15, 0.2) is 6.29 Å². The highest BCUT2D eigenvalue weighted by molar-refractivity contribution is 5.76. The molecule has 1 aromatic rings. The molecule has 132 valence electrons. The molecule has 2 saturated heterocycles. The molecule has 2 fully saturated rings. The van der Waals surface area contributed by atoms with Gasteiger partial charge in [0.2, 0.25) is 5.91 Å². The highest BCUT2D eigenvalue weighted by Crippen LogP contribution is 2.22. The molecule has 0 spiro atoms. The van der Waals surface area contributed by atoms with Gasteiger partial charge in [0, 0.05) is 38.3 Å². The number of ether oxygens (including phenoxy) is 3. The van der Waals surface area contributed by atoms with Crippen molar-refractivity contribution in [2.75, 3.05) is 44.3 Å². The molecule has 0 radical (unpaired) electrons. The van der Waals surface area contributed by atoms with Crippen molar-refractivity contribution in [3.63, 3.8) is 0 Å². The van der Waals surface area contributed by atoms with Gasteiger partial charge in [-0.3, -0.25) is 4.79 Å². The van der Waals surface area contributed by atoms with E-state index >= 15 is 0 Å². The summed E-state index contributed by atoms with van der Waals surface area (Å²) in [5, 5.41) is 0. The summed E-state index contributed by atoms with van der Waals surface area (Å²) in [5.41, 5.74) is 1.17. The number of rotatable bonds is 5. The largest absolute Gasteiger partial charge is 0.491 e. The van der Waals surface area contributed by atoms with E-state index < -0.39 is 0 Å². The first kappa shape index (κ1) is 17.0. The molecule has 6 heteroatoms. The minimum absolute atomic E-state index is 0.00357. The van der Waals surface area contributed by atoms with Gasteiger partial charge in [0.05, 0.1) is 6.61 Å². The van der Waals surface area contributed by atoms with Crippen LogP contribution in [0.5, 0.6) is 5.75 Å². The summed E-state index contributed by atoms with van der Waals surface area (Å²) in [6.45, 7) is 8.22. The number of nitrogens with zero attached hydrogens (tertiary/aromatic N) is 2. The molecule has 3 rings (SSSR count). The molecular weight excluding hydrogens is 308 g/mol. The molecule has 1 aromatic carbocycles. The molecule has 2 unspecified atom stereocenters. The molecule has 1 amide bonds. The molecule has 0 aromatic heterocycles. The van der Waals surface area contributed by atoms with Gasteiger partial charge in [-0.15, -0.1) is 0 Å². The van der Waals surface area contributed by atoms with Gasteiger partial charge in [-0.2, -0.15) is 0 Å². The van der Waals surface area contributed by atoms with Gasteiger partial charge in [-0.1, -0.05) is 6.92 Å². The number of piperazine rings is 1. The van der Waals surface area contributed by atoms with Gasteiger partial charge in [0.25, 0.3) is 0 Å². The zero-order chi connectivity index (χ0) is 16.9. The first-order valence-electron chi connectivity index (χ1n) is 8.68. The van der Waals surface area contributed by atoms with Crippen molar-refractivity contribution >= 4 is 11.6 Å². The van der Waals surface area contributed by atoms with Gasteiger partial charge < -0.3 is 24.0 Å². The second-order valence-corrected chi connectivity index (χ2v) is 6.19. The van der Waals surface area contributed by atoms with E-state index in [1.54, 1.807) is 0 Å². The average molecular weight is 334 g/mol. The molecule has 24 heavy (non-hydrogen) atoms. The summed E-state index contributed by atoms with van der Waals surface area (Å²) in [7, 11) is 0. The Morgan fingerprint density at radius 2 is 1.92 bits per heavy atom. The SMILES string of the molecule is CCC(=O)N1CCN(c2ccc(OCC3COC(C)O3)cc2)CC1. The minimum Gasteiger partial charge on any atom is -0.491 e. The van der Waals surface area contributed by atoms with Crippen LogP contribution < -0.4 is 9.64 Å². The Kier molecular flexibility index (Phi) is 5.58. The predicted molar refractivity (Wildman–Crippen MR) is 91.3 cm³/mol. The standard InChI is InChI=1S/C18H26N2O4/c1-3-18(21)20-10-8-19(9-11-20)15-4-6-16(7-5-15)23-13-17-12-22-14(2)24-17/h4-7,14,17H,3,8-13H2,1-2H3. The van der Waals surface area contributed by atoms with E-state index in [1.807, 2.05) is 30.9 Å². The predicted octanol–water partition coefficient (Wildman–Crippen LogP) is 1.89. The van der Waals surface area contributed by atoms with Crippen molar-refractivity contribution in [3.05, 3.63) is 24.3 Å². The third kappa shape index (κ3) is 4.19. The second kappa shape index (κ2) is 7.85. The van der Waals surface area contributed by atoms with Crippen LogP contribution in [0.25, 0.3) is 0 Å². The van der Waals surface area contributed by atoms with Crippen molar-refractivity contribution in [3.8, 4) is 5.75 Å². The normalized spacial score (nSPS) is 24.2. The van der Waals surface area contributed by atoms with Crippen LogP contribution in [-0.4, -0.2) is 62.6 Å². The highest BCUT2D eigenvalue weighted by Gasteiger charge is 2.23. The van der Waals surface area contributed by atoms with Crippen LogP contribution >= 0.6 is 0 Å². The maximum atomic E-state index is 11.7. The first-order chi connectivity index (χ1) is 11.7. The van der Waals surface area contributed by atoms with Gasteiger partial charge in [0.1, 0.15) is 18.5 Å². The van der Waals surface area contributed by atoms with Crippen LogP contribution in [-0.2, 0) is 14.3 Å². The minimum atomic E-state index is -0.140. The maximum absolute atomic E-state index is 11.7. The smallest absolute Gasteiger partial charge is 0.222 e. The molecule has 6 nitrogen and oxygen atoms in total. The van der Waals surface area contributed by atoms with E-state index in [0.29, 0.717) is 19.6 Å². The monoisotopic (exact) mass is 334 g/mol. The van der Waals surface area contributed by atoms with Crippen molar-refractivity contribution in [2.24, 2.45) is 0 Å². The lowest BCUT2D eigenvalue weighted by Gasteiger charge is -2.36. The van der Waals surface area contributed by atoms with E-state index in [-0.39, 0.29) is 18.3 Å². The van der Waals surface area contributed by atoms with E-state index in [2.05, 4.69) is 17.0 Å². The maximum Gasteiger partial charge on any atom is 0.222 e. The van der Waals surface area contributed by atoms with Crippen LogP contribution in [0, 0.1) is 0 Å². The van der Waals surface area contributed by atoms with Crippen molar-refractivity contribution in [2.45, 2.75) is 32.7 Å². The van der Waals surface area contributed by atoms with Crippen molar-refractivity contribution in [1.82, 2.24) is 4.90 Å². The lowest BCUT2D eigenvalue weighted by atomic mass is 10.2. The molecule has 0 N–H and O–H groups in total. The third-order valence-corrected chi connectivity index (χ3v) is 4.47.